The van der Waals surface area contributed by atoms with Gasteiger partial charge in [-0.15, -0.1) is 0 Å². The van der Waals surface area contributed by atoms with Gasteiger partial charge in [0.1, 0.15) is 18.5 Å². The average molecular weight is 349 g/mol. The third-order valence-electron chi connectivity index (χ3n) is 3.45. The lowest BCUT2D eigenvalue weighted by atomic mass is 10.2. The molecule has 9 heteroatoms. The van der Waals surface area contributed by atoms with Crippen LogP contribution in [0.1, 0.15) is 0 Å². The summed E-state index contributed by atoms with van der Waals surface area (Å²) in [6.07, 6.45) is -0.588. The van der Waals surface area contributed by atoms with E-state index in [-0.39, 0.29) is 24.5 Å². The molecule has 1 unspecified atom stereocenters. The Morgan fingerprint density at radius 3 is 2.35 bits per heavy atom. The molecule has 1 aromatic carbocycles. The van der Waals surface area contributed by atoms with E-state index < -0.39 is 25.8 Å². The number of phenolic OH excluding ortho intramolecular Hbond substituents is 1. The molecule has 0 aromatic heterocycles. The third-order valence-corrected chi connectivity index (χ3v) is 5.60. The SMILES string of the molecule is NCC1=C[N+](c2ccc(O)cc2)(S(=O)(=O)CC(F)(F)F)CC=C1. The van der Waals surface area contributed by atoms with Crippen molar-refractivity contribution in [3.8, 4) is 5.75 Å². The fraction of sp³-hybridized carbons (Fsp3) is 0.286. The summed E-state index contributed by atoms with van der Waals surface area (Å²) in [6, 6.07) is 5.03. The highest BCUT2D eigenvalue weighted by Crippen LogP contribution is 2.35. The zero-order valence-corrected chi connectivity index (χ0v) is 12.8. The third kappa shape index (κ3) is 3.57. The quantitative estimate of drug-likeness (QED) is 0.815. The van der Waals surface area contributed by atoms with E-state index in [0.29, 0.717) is 5.57 Å². The molecule has 0 spiro atoms. The van der Waals surface area contributed by atoms with Crippen molar-refractivity contribution in [2.24, 2.45) is 5.73 Å². The number of sulfonamides is 1. The van der Waals surface area contributed by atoms with Crippen LogP contribution in [0.15, 0.2) is 48.2 Å². The summed E-state index contributed by atoms with van der Waals surface area (Å²) in [5, 5.41) is 9.34. The Morgan fingerprint density at radius 2 is 1.83 bits per heavy atom. The number of nitrogens with zero attached hydrogens (tertiary/aromatic N) is 1. The van der Waals surface area contributed by atoms with Crippen molar-refractivity contribution in [3.05, 3.63) is 48.2 Å². The first-order valence-corrected chi connectivity index (χ1v) is 8.26. The number of hydrogen-bond donors (Lipinski definition) is 2. The van der Waals surface area contributed by atoms with Crippen molar-refractivity contribution in [2.75, 3.05) is 18.8 Å². The van der Waals surface area contributed by atoms with Gasteiger partial charge in [0, 0.05) is 24.3 Å². The van der Waals surface area contributed by atoms with Crippen LogP contribution in [-0.2, 0) is 10.0 Å². The van der Waals surface area contributed by atoms with Gasteiger partial charge >= 0.3 is 16.2 Å². The molecule has 0 saturated heterocycles. The van der Waals surface area contributed by atoms with Crippen molar-refractivity contribution >= 4 is 15.7 Å². The maximum absolute atomic E-state index is 12.7. The van der Waals surface area contributed by atoms with Crippen molar-refractivity contribution < 1.29 is 26.7 Å². The van der Waals surface area contributed by atoms with Gasteiger partial charge in [-0.3, -0.25) is 0 Å². The number of hydrogen-bond acceptors (Lipinski definition) is 4. The van der Waals surface area contributed by atoms with Crippen LogP contribution in [0, 0.1) is 0 Å². The van der Waals surface area contributed by atoms with Crippen LogP contribution >= 0.6 is 0 Å². The Kier molecular flexibility index (Phi) is 4.56. The lowest BCUT2D eigenvalue weighted by Crippen LogP contribution is -2.54. The Bertz CT molecular complexity index is 740. The van der Waals surface area contributed by atoms with Gasteiger partial charge in [0.2, 0.25) is 0 Å². The number of halogens is 3. The van der Waals surface area contributed by atoms with E-state index in [9.17, 15) is 26.7 Å². The number of quaternary nitrogens is 1. The minimum Gasteiger partial charge on any atom is -0.508 e. The minimum atomic E-state index is -4.86. The van der Waals surface area contributed by atoms with Crippen LogP contribution in [0.5, 0.6) is 5.75 Å². The molecule has 0 saturated carbocycles. The first-order valence-electron chi connectivity index (χ1n) is 6.65. The summed E-state index contributed by atoms with van der Waals surface area (Å²) in [5.74, 6) is -2.07. The summed E-state index contributed by atoms with van der Waals surface area (Å²) >= 11 is 0. The predicted molar refractivity (Wildman–Crippen MR) is 80.9 cm³/mol. The fourth-order valence-corrected chi connectivity index (χ4v) is 4.10. The van der Waals surface area contributed by atoms with Crippen LogP contribution < -0.4 is 9.62 Å². The number of alkyl halides is 3. The predicted octanol–water partition coefficient (Wildman–Crippen LogP) is 2.00. The number of phenols is 1. The summed E-state index contributed by atoms with van der Waals surface area (Å²) in [4.78, 5) is 0. The molecular formula is C14H16F3N2O3S+. The Hall–Kier alpha value is -1.84. The van der Waals surface area contributed by atoms with Crippen LogP contribution in [0.3, 0.4) is 0 Å². The van der Waals surface area contributed by atoms with Gasteiger partial charge in [-0.1, -0.05) is 6.08 Å². The molecule has 1 aliphatic rings. The first-order chi connectivity index (χ1) is 10.6. The molecule has 0 fully saturated rings. The number of rotatable bonds is 4. The summed E-state index contributed by atoms with van der Waals surface area (Å²) in [6.45, 7) is -0.192. The lowest BCUT2D eigenvalue weighted by Gasteiger charge is -2.34. The largest absolute Gasteiger partial charge is 0.508 e. The molecule has 3 N–H and O–H groups in total. The Morgan fingerprint density at radius 1 is 1.22 bits per heavy atom. The Balaban J connectivity index is 2.64. The van der Waals surface area contributed by atoms with Crippen LogP contribution in [0.2, 0.25) is 0 Å². The molecule has 0 bridgehead atoms. The van der Waals surface area contributed by atoms with Gasteiger partial charge in [0.05, 0.1) is 0 Å². The normalized spacial score (nSPS) is 22.0. The fourth-order valence-electron chi connectivity index (χ4n) is 2.41. The number of aromatic hydroxyl groups is 1. The molecule has 5 nitrogen and oxygen atoms in total. The highest BCUT2D eigenvalue weighted by Gasteiger charge is 2.50. The van der Waals surface area contributed by atoms with E-state index in [0.717, 1.165) is 0 Å². The highest BCUT2D eigenvalue weighted by molar-refractivity contribution is 7.91. The van der Waals surface area contributed by atoms with E-state index in [2.05, 4.69) is 0 Å². The van der Waals surface area contributed by atoms with Crippen molar-refractivity contribution in [2.45, 2.75) is 6.18 Å². The second-order valence-electron chi connectivity index (χ2n) is 5.15. The van der Waals surface area contributed by atoms with Gasteiger partial charge in [-0.25, -0.2) is 0 Å². The molecule has 0 radical (unpaired) electrons. The van der Waals surface area contributed by atoms with Gasteiger partial charge in [-0.2, -0.15) is 25.5 Å². The van der Waals surface area contributed by atoms with Crippen LogP contribution in [0.25, 0.3) is 0 Å². The molecule has 0 aliphatic carbocycles. The minimum absolute atomic E-state index is 0.00385. The first kappa shape index (κ1) is 17.5. The second-order valence-corrected chi connectivity index (χ2v) is 7.25. The number of benzene rings is 1. The van der Waals surface area contributed by atoms with Gasteiger partial charge in [-0.05, 0) is 18.2 Å². The summed E-state index contributed by atoms with van der Waals surface area (Å²) in [5.41, 5.74) is 6.02. The van der Waals surface area contributed by atoms with Gasteiger partial charge in [0.15, 0.2) is 11.4 Å². The molecule has 1 aromatic rings. The summed E-state index contributed by atoms with van der Waals surface area (Å²) in [7, 11) is -4.66. The van der Waals surface area contributed by atoms with Crippen LogP contribution in [-0.4, -0.2) is 38.5 Å². The maximum Gasteiger partial charge on any atom is 0.408 e. The maximum atomic E-state index is 12.7. The molecule has 126 valence electrons. The zero-order valence-electron chi connectivity index (χ0n) is 12.0. The molecule has 1 aliphatic heterocycles. The molecule has 23 heavy (non-hydrogen) atoms. The van der Waals surface area contributed by atoms with Crippen molar-refractivity contribution in [1.82, 2.24) is 3.89 Å². The van der Waals surface area contributed by atoms with E-state index in [1.54, 1.807) is 6.08 Å². The van der Waals surface area contributed by atoms with Crippen molar-refractivity contribution in [1.29, 1.82) is 0 Å². The molecule has 1 atom stereocenters. The molecule has 1 heterocycles. The van der Waals surface area contributed by atoms with Gasteiger partial charge < -0.3 is 10.8 Å². The Labute approximate surface area is 131 Å². The van der Waals surface area contributed by atoms with E-state index in [1.807, 2.05) is 0 Å². The lowest BCUT2D eigenvalue weighted by molar-refractivity contribution is -0.106. The van der Waals surface area contributed by atoms with Gasteiger partial charge in [0.25, 0.3) is 0 Å². The molecule has 2 rings (SSSR count). The second kappa shape index (κ2) is 5.99. The van der Waals surface area contributed by atoms with Crippen LogP contribution in [0.4, 0.5) is 18.9 Å². The van der Waals surface area contributed by atoms with Crippen molar-refractivity contribution in [3.63, 3.8) is 0 Å². The zero-order chi connectivity index (χ0) is 17.3. The average Bonchev–Trinajstić information content (AvgIpc) is 2.45. The molecular weight excluding hydrogens is 333 g/mol. The van der Waals surface area contributed by atoms with E-state index >= 15 is 0 Å². The molecule has 0 amide bonds. The highest BCUT2D eigenvalue weighted by atomic mass is 32.2. The van der Waals surface area contributed by atoms with E-state index in [1.165, 1.54) is 36.5 Å². The number of nitrogens with two attached hydrogens (primary N) is 1. The van der Waals surface area contributed by atoms with E-state index in [4.69, 9.17) is 5.73 Å². The monoisotopic (exact) mass is 349 g/mol. The summed E-state index contributed by atoms with van der Waals surface area (Å²) < 4.78 is 62.3. The topological polar surface area (TPSA) is 80.4 Å². The smallest absolute Gasteiger partial charge is 0.408 e. The standard InChI is InChI=1S/C14H15F3N2O3S/c15-14(16,17)10-23(21,22)19(7-1-2-11(8-18)9-19)12-3-5-13(20)6-4-12/h1-6,9H,7-8,10,18H2/p+1.